The summed E-state index contributed by atoms with van der Waals surface area (Å²) in [6, 6.07) is 9.97. The van der Waals surface area contributed by atoms with Crippen molar-refractivity contribution in [2.24, 2.45) is 11.0 Å². The highest BCUT2D eigenvalue weighted by Gasteiger charge is 2.22. The van der Waals surface area contributed by atoms with Crippen molar-refractivity contribution in [2.45, 2.75) is 40.2 Å². The fourth-order valence-electron chi connectivity index (χ4n) is 2.95. The van der Waals surface area contributed by atoms with E-state index in [9.17, 15) is 9.59 Å². The van der Waals surface area contributed by atoms with Crippen LogP contribution in [0.2, 0.25) is 10.0 Å². The normalized spacial score (nSPS) is 12.1. The lowest BCUT2D eigenvalue weighted by molar-refractivity contribution is -0.130. The quantitative estimate of drug-likeness (QED) is 0.418. The van der Waals surface area contributed by atoms with Gasteiger partial charge in [-0.3, -0.25) is 9.59 Å². The Hall–Kier alpha value is -2.57. The Morgan fingerprint density at radius 1 is 1.13 bits per heavy atom. The lowest BCUT2D eigenvalue weighted by Crippen LogP contribution is -2.47. The van der Waals surface area contributed by atoms with Crippen LogP contribution in [-0.4, -0.2) is 30.7 Å². The molecule has 0 fully saturated rings. The Morgan fingerprint density at radius 2 is 1.81 bits per heavy atom. The van der Waals surface area contributed by atoms with Gasteiger partial charge >= 0.3 is 0 Å². The van der Waals surface area contributed by atoms with Crippen molar-refractivity contribution < 1.29 is 14.3 Å². The van der Waals surface area contributed by atoms with E-state index >= 15 is 0 Å². The van der Waals surface area contributed by atoms with Gasteiger partial charge in [-0.2, -0.15) is 5.10 Å². The van der Waals surface area contributed by atoms with Gasteiger partial charge in [-0.05, 0) is 49.4 Å². The zero-order valence-electron chi connectivity index (χ0n) is 18.0. The number of benzene rings is 2. The number of amides is 2. The minimum atomic E-state index is -0.744. The van der Waals surface area contributed by atoms with E-state index in [2.05, 4.69) is 15.8 Å². The second-order valence-corrected chi connectivity index (χ2v) is 8.50. The zero-order chi connectivity index (χ0) is 23.0. The number of hydrogen-bond acceptors (Lipinski definition) is 4. The zero-order valence-corrected chi connectivity index (χ0v) is 19.6. The van der Waals surface area contributed by atoms with E-state index in [0.29, 0.717) is 27.8 Å². The van der Waals surface area contributed by atoms with Crippen LogP contribution < -0.4 is 15.5 Å². The molecule has 0 spiro atoms. The summed E-state index contributed by atoms with van der Waals surface area (Å²) in [4.78, 5) is 25.0. The number of carbonyl (C=O) groups is 2. The standard InChI is InChI=1S/C23H27Cl2N3O3/c1-14(2)10-20(23(30)28-26-12-17-8-9-18(24)11-19(17)25)27-21(29)13-31-22-15(3)6-5-7-16(22)4/h5-9,11-12,14,20H,10,13H2,1-4H3,(H,27,29)(H,28,30)/b26-12-/t20-/m1/s1. The summed E-state index contributed by atoms with van der Waals surface area (Å²) in [5.41, 5.74) is 4.96. The molecule has 0 unspecified atom stereocenters. The van der Waals surface area contributed by atoms with Crippen LogP contribution in [0.15, 0.2) is 41.5 Å². The van der Waals surface area contributed by atoms with E-state index in [1.165, 1.54) is 6.21 Å². The van der Waals surface area contributed by atoms with Crippen molar-refractivity contribution in [1.82, 2.24) is 10.7 Å². The van der Waals surface area contributed by atoms with Crippen LogP contribution in [0.5, 0.6) is 5.75 Å². The fourth-order valence-corrected chi connectivity index (χ4v) is 3.41. The smallest absolute Gasteiger partial charge is 0.262 e. The van der Waals surface area contributed by atoms with Gasteiger partial charge in [0, 0.05) is 10.6 Å². The van der Waals surface area contributed by atoms with Crippen molar-refractivity contribution in [2.75, 3.05) is 6.61 Å². The van der Waals surface area contributed by atoms with E-state index in [4.69, 9.17) is 27.9 Å². The maximum atomic E-state index is 12.6. The molecule has 0 aliphatic rings. The Bertz CT molecular complexity index is 941. The first-order valence-corrected chi connectivity index (χ1v) is 10.7. The van der Waals surface area contributed by atoms with Crippen molar-refractivity contribution in [1.29, 1.82) is 0 Å². The number of hydrazone groups is 1. The molecule has 0 aliphatic heterocycles. The molecule has 8 heteroatoms. The number of nitrogens with zero attached hydrogens (tertiary/aromatic N) is 1. The van der Waals surface area contributed by atoms with Crippen molar-refractivity contribution in [3.8, 4) is 5.75 Å². The highest BCUT2D eigenvalue weighted by Crippen LogP contribution is 2.22. The second kappa shape index (κ2) is 11.7. The largest absolute Gasteiger partial charge is 0.483 e. The molecular formula is C23H27Cl2N3O3. The average molecular weight is 464 g/mol. The third-order valence-corrected chi connectivity index (χ3v) is 5.02. The molecule has 2 aromatic carbocycles. The maximum absolute atomic E-state index is 12.6. The van der Waals surface area contributed by atoms with Gasteiger partial charge in [-0.15, -0.1) is 0 Å². The predicted octanol–water partition coefficient (Wildman–Crippen LogP) is 4.67. The van der Waals surface area contributed by atoms with Crippen LogP contribution in [0, 0.1) is 19.8 Å². The lowest BCUT2D eigenvalue weighted by atomic mass is 10.0. The molecule has 166 valence electrons. The summed E-state index contributed by atoms with van der Waals surface area (Å²) in [6.45, 7) is 7.59. The number of rotatable bonds is 9. The van der Waals surface area contributed by atoms with Crippen molar-refractivity contribution in [3.63, 3.8) is 0 Å². The molecule has 0 radical (unpaired) electrons. The van der Waals surface area contributed by atoms with Crippen LogP contribution in [0.4, 0.5) is 0 Å². The molecule has 2 rings (SSSR count). The number of ether oxygens (including phenoxy) is 1. The summed E-state index contributed by atoms with van der Waals surface area (Å²) in [6.07, 6.45) is 1.88. The summed E-state index contributed by atoms with van der Waals surface area (Å²) in [7, 11) is 0. The van der Waals surface area contributed by atoms with E-state index in [1.54, 1.807) is 18.2 Å². The van der Waals surface area contributed by atoms with Crippen LogP contribution in [0.1, 0.15) is 37.0 Å². The van der Waals surface area contributed by atoms with Gasteiger partial charge in [0.1, 0.15) is 11.8 Å². The molecule has 0 saturated heterocycles. The lowest BCUT2D eigenvalue weighted by Gasteiger charge is -2.19. The third kappa shape index (κ3) is 7.89. The first-order chi connectivity index (χ1) is 14.7. The Labute approximate surface area is 193 Å². The number of nitrogens with one attached hydrogen (secondary N) is 2. The molecule has 6 nitrogen and oxygen atoms in total. The molecule has 0 aromatic heterocycles. The second-order valence-electron chi connectivity index (χ2n) is 7.66. The first kappa shape index (κ1) is 24.7. The molecule has 0 saturated carbocycles. The first-order valence-electron chi connectivity index (χ1n) is 9.93. The van der Waals surface area contributed by atoms with Gasteiger partial charge in [0.25, 0.3) is 11.8 Å². The number of halogens is 2. The number of hydrogen-bond donors (Lipinski definition) is 2. The van der Waals surface area contributed by atoms with Crippen molar-refractivity contribution >= 4 is 41.2 Å². The molecule has 0 aliphatic carbocycles. The predicted molar refractivity (Wildman–Crippen MR) is 125 cm³/mol. The Kier molecular flexibility index (Phi) is 9.34. The maximum Gasteiger partial charge on any atom is 0.262 e. The van der Waals surface area contributed by atoms with Gasteiger partial charge in [-0.25, -0.2) is 5.43 Å². The Balaban J connectivity index is 1.97. The van der Waals surface area contributed by atoms with Gasteiger partial charge < -0.3 is 10.1 Å². The molecule has 0 heterocycles. The summed E-state index contributed by atoms with van der Waals surface area (Å²) < 4.78 is 5.68. The van der Waals surface area contributed by atoms with E-state index in [0.717, 1.165) is 11.1 Å². The van der Waals surface area contributed by atoms with Crippen LogP contribution in [0.3, 0.4) is 0 Å². The minimum Gasteiger partial charge on any atom is -0.483 e. The topological polar surface area (TPSA) is 79.8 Å². The fraction of sp³-hybridized carbons (Fsp3) is 0.348. The monoisotopic (exact) mass is 463 g/mol. The average Bonchev–Trinajstić information content (AvgIpc) is 2.68. The van der Waals surface area contributed by atoms with Crippen molar-refractivity contribution in [3.05, 3.63) is 63.1 Å². The molecule has 1 atom stereocenters. The number of carbonyl (C=O) groups excluding carboxylic acids is 2. The SMILES string of the molecule is Cc1cccc(C)c1OCC(=O)N[C@H](CC(C)C)C(=O)N/N=C\c1ccc(Cl)cc1Cl. The Morgan fingerprint density at radius 3 is 2.42 bits per heavy atom. The van der Waals surface area contributed by atoms with Gasteiger partial charge in [0.05, 0.1) is 11.2 Å². The summed E-state index contributed by atoms with van der Waals surface area (Å²) in [5.74, 6) is 0.0564. The van der Waals surface area contributed by atoms with Gasteiger partial charge in [-0.1, -0.05) is 61.3 Å². The van der Waals surface area contributed by atoms with Crippen LogP contribution in [0.25, 0.3) is 0 Å². The molecule has 2 aromatic rings. The van der Waals surface area contributed by atoms with Crippen LogP contribution in [-0.2, 0) is 9.59 Å². The van der Waals surface area contributed by atoms with Crippen LogP contribution >= 0.6 is 23.2 Å². The van der Waals surface area contributed by atoms with E-state index in [-0.39, 0.29) is 18.4 Å². The minimum absolute atomic E-state index is 0.183. The molecular weight excluding hydrogens is 437 g/mol. The molecule has 31 heavy (non-hydrogen) atoms. The highest BCUT2D eigenvalue weighted by atomic mass is 35.5. The molecule has 0 bridgehead atoms. The number of para-hydroxylation sites is 1. The van der Waals surface area contributed by atoms with E-state index < -0.39 is 11.9 Å². The third-order valence-electron chi connectivity index (χ3n) is 4.46. The van der Waals surface area contributed by atoms with Gasteiger partial charge in [0.2, 0.25) is 0 Å². The molecule has 2 amide bonds. The van der Waals surface area contributed by atoms with E-state index in [1.807, 2.05) is 45.9 Å². The molecule has 2 N–H and O–H groups in total. The summed E-state index contributed by atoms with van der Waals surface area (Å²) in [5, 5.41) is 7.61. The summed E-state index contributed by atoms with van der Waals surface area (Å²) >= 11 is 12.0. The highest BCUT2D eigenvalue weighted by molar-refractivity contribution is 6.36. The van der Waals surface area contributed by atoms with Gasteiger partial charge in [0.15, 0.2) is 6.61 Å². The number of aryl methyl sites for hydroxylation is 2.